The average molecular weight is 165 g/mol. The molecule has 2 N–H and O–H groups in total. The van der Waals surface area contributed by atoms with Gasteiger partial charge in [0.2, 0.25) is 0 Å². The van der Waals surface area contributed by atoms with Gasteiger partial charge >= 0.3 is 6.03 Å². The zero-order valence-corrected chi connectivity index (χ0v) is 6.87. The van der Waals surface area contributed by atoms with Crippen molar-refractivity contribution in [1.82, 2.24) is 10.6 Å². The Morgan fingerprint density at radius 3 is 2.70 bits per heavy atom. The van der Waals surface area contributed by atoms with Crippen LogP contribution in [0.2, 0.25) is 0 Å². The first kappa shape index (κ1) is 9.56. The van der Waals surface area contributed by atoms with E-state index in [1.807, 2.05) is 6.92 Å². The first-order valence-electron chi connectivity index (χ1n) is 3.39. The first-order chi connectivity index (χ1) is 4.81. The molecule has 3 nitrogen and oxygen atoms in total. The molecule has 0 radical (unpaired) electrons. The van der Waals surface area contributed by atoms with Crippen molar-refractivity contribution < 1.29 is 4.79 Å². The summed E-state index contributed by atoms with van der Waals surface area (Å²) in [4.78, 5) is 10.7. The van der Waals surface area contributed by atoms with Gasteiger partial charge in [-0.1, -0.05) is 0 Å². The van der Waals surface area contributed by atoms with E-state index in [0.29, 0.717) is 19.0 Å². The van der Waals surface area contributed by atoms with Crippen molar-refractivity contribution in [3.63, 3.8) is 0 Å². The molecule has 60 valence electrons. The molecule has 0 heterocycles. The van der Waals surface area contributed by atoms with E-state index < -0.39 is 0 Å². The van der Waals surface area contributed by atoms with Crippen LogP contribution in [0.1, 0.15) is 13.3 Å². The molecule has 0 aromatic heterocycles. The predicted molar refractivity (Wildman–Crippen MR) is 42.4 cm³/mol. The minimum atomic E-state index is -0.118. The van der Waals surface area contributed by atoms with Gasteiger partial charge in [0.05, 0.1) is 0 Å². The van der Waals surface area contributed by atoms with E-state index in [0.717, 1.165) is 6.42 Å². The number of nitrogens with one attached hydrogen (secondary N) is 2. The quantitative estimate of drug-likeness (QED) is 0.471. The highest BCUT2D eigenvalue weighted by atomic mass is 35.5. The summed E-state index contributed by atoms with van der Waals surface area (Å²) in [6.07, 6.45) is 0.818. The fraction of sp³-hybridized carbons (Fsp3) is 0.833. The highest BCUT2D eigenvalue weighted by Gasteiger charge is 1.93. The van der Waals surface area contributed by atoms with Gasteiger partial charge in [0, 0.05) is 19.0 Å². The van der Waals surface area contributed by atoms with Gasteiger partial charge < -0.3 is 10.6 Å². The summed E-state index contributed by atoms with van der Waals surface area (Å²) in [6, 6.07) is -0.118. The van der Waals surface area contributed by atoms with Crippen LogP contribution in [0.4, 0.5) is 4.79 Å². The third-order valence-corrected chi connectivity index (χ3v) is 1.20. The number of hydrogen-bond acceptors (Lipinski definition) is 1. The second-order valence-electron chi connectivity index (χ2n) is 1.83. The van der Waals surface area contributed by atoms with Crippen molar-refractivity contribution in [2.75, 3.05) is 19.0 Å². The molecule has 0 aliphatic rings. The summed E-state index contributed by atoms with van der Waals surface area (Å²) < 4.78 is 0. The third kappa shape index (κ3) is 5.69. The minimum Gasteiger partial charge on any atom is -0.338 e. The van der Waals surface area contributed by atoms with E-state index >= 15 is 0 Å². The molecular formula is C6H13ClN2O. The predicted octanol–water partition coefficient (Wildman–Crippen LogP) is 0.934. The number of hydrogen-bond donors (Lipinski definition) is 2. The molecule has 0 rings (SSSR count). The van der Waals surface area contributed by atoms with Crippen molar-refractivity contribution in [3.8, 4) is 0 Å². The molecule has 0 saturated carbocycles. The lowest BCUT2D eigenvalue weighted by molar-refractivity contribution is 0.241. The van der Waals surface area contributed by atoms with Gasteiger partial charge in [-0.15, -0.1) is 11.6 Å². The summed E-state index contributed by atoms with van der Waals surface area (Å²) in [7, 11) is 0. The molecule has 0 saturated heterocycles. The standard InChI is InChI=1S/C6H13ClN2O/c1-2-8-6(10)9-5-3-4-7/h2-5H2,1H3,(H2,8,9,10). The molecule has 0 aliphatic heterocycles. The molecule has 0 spiro atoms. The molecular weight excluding hydrogens is 152 g/mol. The second kappa shape index (κ2) is 6.68. The molecule has 2 amide bonds. The van der Waals surface area contributed by atoms with Crippen molar-refractivity contribution in [3.05, 3.63) is 0 Å². The van der Waals surface area contributed by atoms with Crippen LogP contribution in [-0.4, -0.2) is 25.0 Å². The number of carbonyl (C=O) groups excluding carboxylic acids is 1. The van der Waals surface area contributed by atoms with Gasteiger partial charge in [0.25, 0.3) is 0 Å². The number of alkyl halides is 1. The Morgan fingerprint density at radius 1 is 1.50 bits per heavy atom. The summed E-state index contributed by atoms with van der Waals surface area (Å²) in [5.41, 5.74) is 0. The van der Waals surface area contributed by atoms with E-state index in [2.05, 4.69) is 10.6 Å². The van der Waals surface area contributed by atoms with Crippen LogP contribution < -0.4 is 10.6 Å². The van der Waals surface area contributed by atoms with E-state index in [1.54, 1.807) is 0 Å². The Bertz CT molecular complexity index is 97.7. The molecule has 10 heavy (non-hydrogen) atoms. The minimum absolute atomic E-state index is 0.118. The monoisotopic (exact) mass is 164 g/mol. The van der Waals surface area contributed by atoms with E-state index in [-0.39, 0.29) is 6.03 Å². The maximum Gasteiger partial charge on any atom is 0.314 e. The lowest BCUT2D eigenvalue weighted by Crippen LogP contribution is -2.35. The number of urea groups is 1. The fourth-order valence-corrected chi connectivity index (χ4v) is 0.625. The van der Waals surface area contributed by atoms with Crippen LogP contribution in [0.3, 0.4) is 0 Å². The smallest absolute Gasteiger partial charge is 0.314 e. The van der Waals surface area contributed by atoms with E-state index in [1.165, 1.54) is 0 Å². The molecule has 0 atom stereocenters. The number of halogens is 1. The molecule has 0 aromatic rings. The van der Waals surface area contributed by atoms with Gasteiger partial charge in [-0.3, -0.25) is 0 Å². The number of rotatable bonds is 4. The SMILES string of the molecule is CCNC(=O)NCCCCl. The normalized spacial score (nSPS) is 9.00. The lowest BCUT2D eigenvalue weighted by atomic mass is 10.5. The average Bonchev–Trinajstić information content (AvgIpc) is 1.89. The van der Waals surface area contributed by atoms with Crippen LogP contribution in [0.5, 0.6) is 0 Å². The van der Waals surface area contributed by atoms with Gasteiger partial charge in [-0.05, 0) is 13.3 Å². The Balaban J connectivity index is 3.05. The van der Waals surface area contributed by atoms with E-state index in [9.17, 15) is 4.79 Å². The Hall–Kier alpha value is -0.440. The molecule has 4 heteroatoms. The van der Waals surface area contributed by atoms with E-state index in [4.69, 9.17) is 11.6 Å². The third-order valence-electron chi connectivity index (χ3n) is 0.933. The first-order valence-corrected chi connectivity index (χ1v) is 3.92. The highest BCUT2D eigenvalue weighted by molar-refractivity contribution is 6.17. The fourth-order valence-electron chi connectivity index (χ4n) is 0.492. The van der Waals surface area contributed by atoms with Crippen LogP contribution in [0.25, 0.3) is 0 Å². The number of amides is 2. The van der Waals surface area contributed by atoms with Gasteiger partial charge in [0.1, 0.15) is 0 Å². The summed E-state index contributed by atoms with van der Waals surface area (Å²) >= 11 is 5.39. The Morgan fingerprint density at radius 2 is 2.20 bits per heavy atom. The van der Waals surface area contributed by atoms with Crippen LogP contribution in [0.15, 0.2) is 0 Å². The zero-order valence-electron chi connectivity index (χ0n) is 6.11. The van der Waals surface area contributed by atoms with Crippen LogP contribution in [0, 0.1) is 0 Å². The van der Waals surface area contributed by atoms with Gasteiger partial charge in [-0.25, -0.2) is 4.79 Å². The maximum atomic E-state index is 10.7. The van der Waals surface area contributed by atoms with Crippen LogP contribution >= 0.6 is 11.6 Å². The van der Waals surface area contributed by atoms with Crippen molar-refractivity contribution in [1.29, 1.82) is 0 Å². The van der Waals surface area contributed by atoms with Crippen molar-refractivity contribution >= 4 is 17.6 Å². The molecule has 0 fully saturated rings. The lowest BCUT2D eigenvalue weighted by Gasteiger charge is -2.02. The second-order valence-corrected chi connectivity index (χ2v) is 2.21. The maximum absolute atomic E-state index is 10.7. The zero-order chi connectivity index (χ0) is 7.82. The van der Waals surface area contributed by atoms with Crippen LogP contribution in [-0.2, 0) is 0 Å². The van der Waals surface area contributed by atoms with Crippen molar-refractivity contribution in [2.45, 2.75) is 13.3 Å². The van der Waals surface area contributed by atoms with Crippen molar-refractivity contribution in [2.24, 2.45) is 0 Å². The largest absolute Gasteiger partial charge is 0.338 e. The summed E-state index contributed by atoms with van der Waals surface area (Å²) in [5.74, 6) is 0.590. The molecule has 0 aliphatic carbocycles. The summed E-state index contributed by atoms with van der Waals surface area (Å²) in [5, 5.41) is 5.26. The Kier molecular flexibility index (Phi) is 6.38. The number of carbonyl (C=O) groups is 1. The summed E-state index contributed by atoms with van der Waals surface area (Å²) in [6.45, 7) is 3.18. The Labute approximate surface area is 66.1 Å². The van der Waals surface area contributed by atoms with Gasteiger partial charge in [-0.2, -0.15) is 0 Å². The highest BCUT2D eigenvalue weighted by Crippen LogP contribution is 1.80. The molecule has 0 aromatic carbocycles. The topological polar surface area (TPSA) is 41.1 Å². The molecule has 0 bridgehead atoms. The molecule has 0 unspecified atom stereocenters. The van der Waals surface area contributed by atoms with Gasteiger partial charge in [0.15, 0.2) is 0 Å².